The summed E-state index contributed by atoms with van der Waals surface area (Å²) in [6.45, 7) is 4.79. The molecule has 3 rings (SSSR count). The molecule has 0 amide bonds. The average Bonchev–Trinajstić information content (AvgIpc) is 3.19. The first kappa shape index (κ1) is 14.5. The molecule has 0 spiro atoms. The molecule has 1 aromatic heterocycles. The Morgan fingerprint density at radius 1 is 1.19 bits per heavy atom. The van der Waals surface area contributed by atoms with Gasteiger partial charge in [-0.05, 0) is 56.0 Å². The van der Waals surface area contributed by atoms with Crippen molar-refractivity contribution in [3.8, 4) is 0 Å². The standard InChI is InChI=1S/C17H21NO2S/c1-12-3-4-13(2)17(9-12)21(19)11-16-8-7-15(20-16)10-18-14-5-6-14/h3-4,7-9,14,18H,5-6,10-11H2,1-2H3. The van der Waals surface area contributed by atoms with Crippen LogP contribution in [0.1, 0.15) is 35.5 Å². The van der Waals surface area contributed by atoms with Crippen LogP contribution in [0.4, 0.5) is 0 Å². The van der Waals surface area contributed by atoms with Crippen LogP contribution in [0, 0.1) is 13.8 Å². The maximum absolute atomic E-state index is 12.5. The zero-order valence-electron chi connectivity index (χ0n) is 12.5. The molecule has 21 heavy (non-hydrogen) atoms. The number of hydrogen-bond acceptors (Lipinski definition) is 3. The average molecular weight is 303 g/mol. The van der Waals surface area contributed by atoms with Gasteiger partial charge in [-0.3, -0.25) is 4.21 Å². The third-order valence-electron chi connectivity index (χ3n) is 3.72. The fourth-order valence-electron chi connectivity index (χ4n) is 2.29. The van der Waals surface area contributed by atoms with Gasteiger partial charge in [0.05, 0.1) is 23.1 Å². The fourth-order valence-corrected chi connectivity index (χ4v) is 3.60. The molecule has 3 nitrogen and oxygen atoms in total. The largest absolute Gasteiger partial charge is 0.464 e. The lowest BCUT2D eigenvalue weighted by molar-refractivity contribution is 0.457. The Morgan fingerprint density at radius 2 is 1.95 bits per heavy atom. The summed E-state index contributed by atoms with van der Waals surface area (Å²) in [5.74, 6) is 2.16. The van der Waals surface area contributed by atoms with Crippen LogP contribution in [0.15, 0.2) is 39.6 Å². The maximum Gasteiger partial charge on any atom is 0.118 e. The minimum atomic E-state index is -1.06. The molecule has 1 aromatic carbocycles. The second-order valence-corrected chi connectivity index (χ2v) is 7.20. The van der Waals surface area contributed by atoms with Gasteiger partial charge in [0.15, 0.2) is 0 Å². The zero-order valence-corrected chi connectivity index (χ0v) is 13.3. The fraction of sp³-hybridized carbons (Fsp3) is 0.412. The van der Waals surface area contributed by atoms with E-state index in [1.54, 1.807) is 0 Å². The second kappa shape index (κ2) is 6.16. The van der Waals surface area contributed by atoms with E-state index < -0.39 is 10.8 Å². The molecule has 0 radical (unpaired) electrons. The quantitative estimate of drug-likeness (QED) is 0.888. The monoisotopic (exact) mass is 303 g/mol. The van der Waals surface area contributed by atoms with E-state index in [2.05, 4.69) is 5.32 Å². The van der Waals surface area contributed by atoms with Gasteiger partial charge in [-0.15, -0.1) is 0 Å². The molecule has 2 aromatic rings. The van der Waals surface area contributed by atoms with Crippen LogP contribution in [0.3, 0.4) is 0 Å². The van der Waals surface area contributed by atoms with E-state index in [-0.39, 0.29) is 0 Å². The number of nitrogens with one attached hydrogen (secondary N) is 1. The summed E-state index contributed by atoms with van der Waals surface area (Å²) in [6, 6.07) is 10.7. The van der Waals surface area contributed by atoms with Gasteiger partial charge < -0.3 is 9.73 Å². The van der Waals surface area contributed by atoms with Crippen molar-refractivity contribution in [2.24, 2.45) is 0 Å². The van der Waals surface area contributed by atoms with E-state index in [9.17, 15) is 4.21 Å². The minimum absolute atomic E-state index is 0.438. The van der Waals surface area contributed by atoms with E-state index in [0.717, 1.165) is 34.1 Å². The Kier molecular flexibility index (Phi) is 4.27. The molecule has 1 atom stereocenters. The van der Waals surface area contributed by atoms with Gasteiger partial charge in [0, 0.05) is 10.9 Å². The van der Waals surface area contributed by atoms with Gasteiger partial charge in [0.1, 0.15) is 11.5 Å². The van der Waals surface area contributed by atoms with Gasteiger partial charge in [-0.1, -0.05) is 12.1 Å². The third kappa shape index (κ3) is 3.83. The van der Waals surface area contributed by atoms with Crippen LogP contribution in [0.2, 0.25) is 0 Å². The van der Waals surface area contributed by atoms with Crippen LogP contribution >= 0.6 is 0 Å². The van der Waals surface area contributed by atoms with E-state index in [4.69, 9.17) is 4.42 Å². The molecule has 1 aliphatic rings. The Balaban J connectivity index is 1.65. The van der Waals surface area contributed by atoms with E-state index in [0.29, 0.717) is 11.8 Å². The molecular formula is C17H21NO2S. The predicted molar refractivity (Wildman–Crippen MR) is 84.6 cm³/mol. The van der Waals surface area contributed by atoms with Gasteiger partial charge in [0.25, 0.3) is 0 Å². The first-order chi connectivity index (χ1) is 10.1. The van der Waals surface area contributed by atoms with Crippen LogP contribution in [-0.2, 0) is 23.1 Å². The van der Waals surface area contributed by atoms with Gasteiger partial charge in [0.2, 0.25) is 0 Å². The van der Waals surface area contributed by atoms with Gasteiger partial charge in [-0.2, -0.15) is 0 Å². The molecule has 112 valence electrons. The van der Waals surface area contributed by atoms with Crippen LogP contribution < -0.4 is 5.32 Å². The number of hydrogen-bond donors (Lipinski definition) is 1. The molecule has 0 saturated heterocycles. The van der Waals surface area contributed by atoms with Gasteiger partial charge in [-0.25, -0.2) is 0 Å². The van der Waals surface area contributed by atoms with Crippen molar-refractivity contribution in [2.45, 2.75) is 49.9 Å². The molecule has 0 bridgehead atoms. The van der Waals surface area contributed by atoms with Gasteiger partial charge >= 0.3 is 0 Å². The highest BCUT2D eigenvalue weighted by atomic mass is 32.2. The molecule has 4 heteroatoms. The number of rotatable bonds is 6. The maximum atomic E-state index is 12.5. The topological polar surface area (TPSA) is 42.2 Å². The molecule has 1 saturated carbocycles. The highest BCUT2D eigenvalue weighted by molar-refractivity contribution is 7.84. The minimum Gasteiger partial charge on any atom is -0.464 e. The molecule has 1 heterocycles. The molecule has 1 N–H and O–H groups in total. The highest BCUT2D eigenvalue weighted by Gasteiger charge is 2.20. The molecular weight excluding hydrogens is 282 g/mol. The summed E-state index contributed by atoms with van der Waals surface area (Å²) in [7, 11) is -1.06. The lowest BCUT2D eigenvalue weighted by atomic mass is 10.2. The van der Waals surface area contributed by atoms with Crippen molar-refractivity contribution in [3.63, 3.8) is 0 Å². The SMILES string of the molecule is Cc1ccc(C)c(S(=O)Cc2ccc(CNC3CC3)o2)c1. The first-order valence-electron chi connectivity index (χ1n) is 7.38. The second-order valence-electron chi connectivity index (χ2n) is 5.78. The summed E-state index contributed by atoms with van der Waals surface area (Å²) in [6.07, 6.45) is 2.54. The lowest BCUT2D eigenvalue weighted by Gasteiger charge is -2.06. The summed E-state index contributed by atoms with van der Waals surface area (Å²) >= 11 is 0. The molecule has 0 aliphatic heterocycles. The third-order valence-corrected chi connectivity index (χ3v) is 5.20. The van der Waals surface area contributed by atoms with E-state index in [1.807, 2.05) is 44.2 Å². The highest BCUT2D eigenvalue weighted by Crippen LogP contribution is 2.21. The Morgan fingerprint density at radius 3 is 2.71 bits per heavy atom. The smallest absolute Gasteiger partial charge is 0.118 e. The van der Waals surface area contributed by atoms with Crippen molar-refractivity contribution in [2.75, 3.05) is 0 Å². The normalized spacial score (nSPS) is 16.1. The van der Waals surface area contributed by atoms with E-state index in [1.165, 1.54) is 12.8 Å². The molecule has 1 fully saturated rings. The number of aryl methyl sites for hydroxylation is 2. The Labute approximate surface area is 128 Å². The van der Waals surface area contributed by atoms with Crippen molar-refractivity contribution in [1.82, 2.24) is 5.32 Å². The number of benzene rings is 1. The van der Waals surface area contributed by atoms with Crippen molar-refractivity contribution in [1.29, 1.82) is 0 Å². The lowest BCUT2D eigenvalue weighted by Crippen LogP contribution is -2.14. The van der Waals surface area contributed by atoms with Crippen LogP contribution in [0.25, 0.3) is 0 Å². The van der Waals surface area contributed by atoms with Crippen molar-refractivity contribution >= 4 is 10.8 Å². The Bertz CT molecular complexity index is 659. The summed E-state index contributed by atoms with van der Waals surface area (Å²) < 4.78 is 18.3. The number of furan rings is 1. The van der Waals surface area contributed by atoms with Crippen molar-refractivity contribution in [3.05, 3.63) is 53.0 Å². The summed E-state index contributed by atoms with van der Waals surface area (Å²) in [5.41, 5.74) is 2.21. The predicted octanol–water partition coefficient (Wildman–Crippen LogP) is 3.46. The van der Waals surface area contributed by atoms with E-state index >= 15 is 0 Å². The van der Waals surface area contributed by atoms with Crippen LogP contribution in [0.5, 0.6) is 0 Å². The zero-order chi connectivity index (χ0) is 14.8. The Hall–Kier alpha value is -1.39. The molecule has 1 aliphatic carbocycles. The van der Waals surface area contributed by atoms with Crippen molar-refractivity contribution < 1.29 is 8.63 Å². The first-order valence-corrected chi connectivity index (χ1v) is 8.70. The summed E-state index contributed by atoms with van der Waals surface area (Å²) in [4.78, 5) is 0.907. The summed E-state index contributed by atoms with van der Waals surface area (Å²) in [5, 5.41) is 3.42. The molecule has 1 unspecified atom stereocenters. The van der Waals surface area contributed by atoms with Crippen LogP contribution in [-0.4, -0.2) is 10.3 Å².